The molecule has 1 aliphatic carbocycles. The molecule has 2 saturated heterocycles. The highest BCUT2D eigenvalue weighted by atomic mass is 35.5. The lowest BCUT2D eigenvalue weighted by atomic mass is 9.96. The Morgan fingerprint density at radius 2 is 1.65 bits per heavy atom. The van der Waals surface area contributed by atoms with Crippen LogP contribution >= 0.6 is 11.6 Å². The minimum atomic E-state index is -4.89. The van der Waals surface area contributed by atoms with Crippen LogP contribution in [0.3, 0.4) is 0 Å². The van der Waals surface area contributed by atoms with Crippen molar-refractivity contribution in [1.82, 2.24) is 4.90 Å². The van der Waals surface area contributed by atoms with E-state index in [1.165, 1.54) is 12.1 Å². The average Bonchev–Trinajstić information content (AvgIpc) is 3.50. The highest BCUT2D eigenvalue weighted by Crippen LogP contribution is 2.59. The highest BCUT2D eigenvalue weighted by Gasteiger charge is 2.70. The molecule has 1 saturated carbocycles. The van der Waals surface area contributed by atoms with Crippen molar-refractivity contribution in [2.24, 2.45) is 11.3 Å². The molecule has 206 valence electrons. The lowest BCUT2D eigenvalue weighted by Gasteiger charge is -2.34. The number of rotatable bonds is 5. The summed E-state index contributed by atoms with van der Waals surface area (Å²) < 4.78 is 106. The molecular weight excluding hydrogens is 554 g/mol. The van der Waals surface area contributed by atoms with E-state index in [1.54, 1.807) is 4.90 Å². The molecule has 7 nitrogen and oxygen atoms in total. The Morgan fingerprint density at radius 3 is 2.11 bits per heavy atom. The molecule has 1 aromatic rings. The standard InChI is InChI=1S/C22H23ClF6N2O5S/c23-15-9-13(30-7-3-12(4-8-30)21(24,25)26)1-2-17(15)37(35,36)14-10-16(18(32)33)31(11-14)19(34)20(5-6-20)22(27,28)29/h1-2,9,12,14,16H,3-8,10-11H2,(H,32,33)/t14-,16+/m1/s1. The van der Waals surface area contributed by atoms with Crippen LogP contribution in [-0.2, 0) is 19.4 Å². The molecule has 2 atom stereocenters. The number of likely N-dealkylation sites (tertiary alicyclic amines) is 1. The fourth-order valence-corrected chi connectivity index (χ4v) is 7.30. The minimum Gasteiger partial charge on any atom is -0.480 e. The van der Waals surface area contributed by atoms with E-state index in [-0.39, 0.29) is 31.0 Å². The number of amides is 1. The fourth-order valence-electron chi connectivity index (χ4n) is 5.06. The van der Waals surface area contributed by atoms with Gasteiger partial charge in [0.2, 0.25) is 5.91 Å². The van der Waals surface area contributed by atoms with Crippen molar-refractivity contribution >= 4 is 39.0 Å². The molecule has 4 rings (SSSR count). The van der Waals surface area contributed by atoms with Gasteiger partial charge in [0.1, 0.15) is 11.5 Å². The number of carboxylic acids is 1. The Bertz CT molecular complexity index is 1190. The Morgan fingerprint density at radius 1 is 1.05 bits per heavy atom. The van der Waals surface area contributed by atoms with E-state index < -0.39 is 87.4 Å². The second-order valence-corrected chi connectivity index (χ2v) is 12.3. The Kier molecular flexibility index (Phi) is 6.92. The summed E-state index contributed by atoms with van der Waals surface area (Å²) >= 11 is 6.22. The lowest BCUT2D eigenvalue weighted by molar-refractivity contribution is -0.199. The number of carbonyl (C=O) groups excluding carboxylic acids is 1. The number of halogens is 7. The number of hydrogen-bond acceptors (Lipinski definition) is 5. The Hall–Kier alpha value is -2.22. The van der Waals surface area contributed by atoms with Crippen molar-refractivity contribution in [3.05, 3.63) is 23.2 Å². The number of piperidine rings is 1. The van der Waals surface area contributed by atoms with Gasteiger partial charge in [-0.1, -0.05) is 11.6 Å². The summed E-state index contributed by atoms with van der Waals surface area (Å²) in [4.78, 5) is 26.2. The molecule has 0 bridgehead atoms. The van der Waals surface area contributed by atoms with Crippen LogP contribution in [0.5, 0.6) is 0 Å². The van der Waals surface area contributed by atoms with Gasteiger partial charge in [-0.3, -0.25) is 4.79 Å². The third-order valence-electron chi connectivity index (χ3n) is 7.49. The molecule has 2 aliphatic heterocycles. The van der Waals surface area contributed by atoms with Crippen molar-refractivity contribution in [3.63, 3.8) is 0 Å². The van der Waals surface area contributed by atoms with Crippen LogP contribution in [-0.4, -0.2) is 73.6 Å². The number of hydrogen-bond donors (Lipinski definition) is 1. The van der Waals surface area contributed by atoms with Crippen molar-refractivity contribution < 1.29 is 49.5 Å². The van der Waals surface area contributed by atoms with E-state index in [1.807, 2.05) is 0 Å². The van der Waals surface area contributed by atoms with Gasteiger partial charge in [-0.05, 0) is 50.3 Å². The summed E-state index contributed by atoms with van der Waals surface area (Å²) in [6.07, 6.45) is -11.1. The van der Waals surface area contributed by atoms with Gasteiger partial charge in [-0.15, -0.1) is 0 Å². The first kappa shape index (κ1) is 27.8. The topological polar surface area (TPSA) is 95.0 Å². The second kappa shape index (κ2) is 9.21. The van der Waals surface area contributed by atoms with Crippen molar-refractivity contribution in [2.45, 2.75) is 60.6 Å². The Balaban J connectivity index is 1.53. The monoisotopic (exact) mass is 576 g/mol. The first-order valence-corrected chi connectivity index (χ1v) is 13.4. The van der Waals surface area contributed by atoms with Crippen LogP contribution in [0.2, 0.25) is 5.02 Å². The number of benzene rings is 1. The third-order valence-corrected chi connectivity index (χ3v) is 10.1. The zero-order valence-electron chi connectivity index (χ0n) is 19.1. The number of carboxylic acid groups (broad SMARTS) is 1. The van der Waals surface area contributed by atoms with E-state index in [9.17, 15) is 49.5 Å². The molecule has 0 unspecified atom stereocenters. The van der Waals surface area contributed by atoms with E-state index >= 15 is 0 Å². The number of aliphatic carboxylic acids is 1. The molecule has 0 spiro atoms. The van der Waals surface area contributed by atoms with E-state index in [0.29, 0.717) is 10.6 Å². The maximum atomic E-state index is 13.5. The van der Waals surface area contributed by atoms with Crippen LogP contribution in [0, 0.1) is 11.3 Å². The van der Waals surface area contributed by atoms with Gasteiger partial charge in [0.15, 0.2) is 9.84 Å². The lowest BCUT2D eigenvalue weighted by Crippen LogP contribution is -2.48. The maximum Gasteiger partial charge on any atom is 0.403 e. The second-order valence-electron chi connectivity index (χ2n) is 9.71. The summed E-state index contributed by atoms with van der Waals surface area (Å²) in [7, 11) is -4.38. The first-order chi connectivity index (χ1) is 17.0. The molecule has 2 heterocycles. The van der Waals surface area contributed by atoms with Gasteiger partial charge in [-0.25, -0.2) is 13.2 Å². The van der Waals surface area contributed by atoms with E-state index in [0.717, 1.165) is 6.07 Å². The van der Waals surface area contributed by atoms with E-state index in [4.69, 9.17) is 11.6 Å². The van der Waals surface area contributed by atoms with Gasteiger partial charge >= 0.3 is 18.3 Å². The van der Waals surface area contributed by atoms with Gasteiger partial charge in [0.05, 0.1) is 21.1 Å². The molecule has 15 heteroatoms. The molecule has 1 amide bonds. The minimum absolute atomic E-state index is 0.0769. The SMILES string of the molecule is O=C(O)[C@@H]1C[C@@H](S(=O)(=O)c2ccc(N3CCC(C(F)(F)F)CC3)cc2Cl)CN1C(=O)C1(C(F)(F)F)CC1. The molecule has 3 fully saturated rings. The van der Waals surface area contributed by atoms with Crippen LogP contribution in [0.15, 0.2) is 23.1 Å². The number of sulfone groups is 1. The molecule has 0 radical (unpaired) electrons. The summed E-state index contributed by atoms with van der Waals surface area (Å²) in [5.74, 6) is -4.50. The maximum absolute atomic E-state index is 13.5. The van der Waals surface area contributed by atoms with Crippen LogP contribution in [0.4, 0.5) is 32.0 Å². The van der Waals surface area contributed by atoms with Gasteiger partial charge in [0.25, 0.3) is 0 Å². The normalized spacial score (nSPS) is 24.8. The number of anilines is 1. The average molecular weight is 577 g/mol. The summed E-state index contributed by atoms with van der Waals surface area (Å²) in [5, 5.41) is 7.74. The van der Waals surface area contributed by atoms with Crippen LogP contribution in [0.25, 0.3) is 0 Å². The predicted molar refractivity (Wildman–Crippen MR) is 119 cm³/mol. The molecule has 1 N–H and O–H groups in total. The molecule has 37 heavy (non-hydrogen) atoms. The number of nitrogens with zero attached hydrogens (tertiary/aromatic N) is 2. The largest absolute Gasteiger partial charge is 0.480 e. The summed E-state index contributed by atoms with van der Waals surface area (Å²) in [6, 6.07) is 2.03. The fraction of sp³-hybridized carbons (Fsp3) is 0.636. The molecular formula is C22H23ClF6N2O5S. The smallest absolute Gasteiger partial charge is 0.403 e. The summed E-state index contributed by atoms with van der Waals surface area (Å²) in [6.45, 7) is -0.583. The third kappa shape index (κ3) is 4.98. The first-order valence-electron chi connectivity index (χ1n) is 11.4. The molecule has 0 aromatic heterocycles. The number of carbonyl (C=O) groups is 2. The zero-order chi connectivity index (χ0) is 27.6. The van der Waals surface area contributed by atoms with Gasteiger partial charge < -0.3 is 14.9 Å². The van der Waals surface area contributed by atoms with Crippen molar-refractivity contribution in [3.8, 4) is 0 Å². The quantitative estimate of drug-likeness (QED) is 0.526. The molecule has 1 aromatic carbocycles. The zero-order valence-corrected chi connectivity index (χ0v) is 20.7. The van der Waals surface area contributed by atoms with Crippen molar-refractivity contribution in [1.29, 1.82) is 0 Å². The van der Waals surface area contributed by atoms with Gasteiger partial charge in [0, 0.05) is 25.3 Å². The van der Waals surface area contributed by atoms with E-state index in [2.05, 4.69) is 0 Å². The Labute approximate surface area is 213 Å². The highest BCUT2D eigenvalue weighted by molar-refractivity contribution is 7.92. The van der Waals surface area contributed by atoms with Crippen LogP contribution < -0.4 is 4.90 Å². The summed E-state index contributed by atoms with van der Waals surface area (Å²) in [5.41, 5.74) is -2.30. The number of alkyl halides is 6. The predicted octanol–water partition coefficient (Wildman–Crippen LogP) is 4.29. The van der Waals surface area contributed by atoms with Crippen molar-refractivity contribution in [2.75, 3.05) is 24.5 Å². The van der Waals surface area contributed by atoms with Gasteiger partial charge in [-0.2, -0.15) is 26.3 Å². The van der Waals surface area contributed by atoms with Crippen LogP contribution in [0.1, 0.15) is 32.1 Å². The molecule has 3 aliphatic rings.